The minimum atomic E-state index is -1.10. The Morgan fingerprint density at radius 1 is 0.784 bits per heavy atom. The number of esters is 1. The molecule has 3 heterocycles. The third kappa shape index (κ3) is 18.9. The summed E-state index contributed by atoms with van der Waals surface area (Å²) in [7, 11) is 0. The van der Waals surface area contributed by atoms with Gasteiger partial charge in [-0.25, -0.2) is 24.2 Å². The van der Waals surface area contributed by atoms with Crippen molar-refractivity contribution in [1.82, 2.24) is 15.2 Å². The molecule has 2 amide bonds. The molecule has 88 heavy (non-hydrogen) atoms. The van der Waals surface area contributed by atoms with Crippen LogP contribution < -0.4 is 5.32 Å². The first kappa shape index (κ1) is 67.9. The van der Waals surface area contributed by atoms with Gasteiger partial charge in [-0.2, -0.15) is 0 Å². The second-order valence-corrected chi connectivity index (χ2v) is 26.1. The highest BCUT2D eigenvalue weighted by Gasteiger charge is 2.41. The molecule has 464 valence electrons. The highest BCUT2D eigenvalue weighted by atomic mass is 32.2. The number of nitrogens with one attached hydrogen (secondary N) is 1. The van der Waals surface area contributed by atoms with Crippen molar-refractivity contribution in [3.05, 3.63) is 208 Å². The second kappa shape index (κ2) is 32.5. The van der Waals surface area contributed by atoms with Crippen LogP contribution in [0.3, 0.4) is 0 Å². The zero-order valence-corrected chi connectivity index (χ0v) is 53.5. The van der Waals surface area contributed by atoms with Crippen LogP contribution in [-0.4, -0.2) is 115 Å². The highest BCUT2D eigenvalue weighted by molar-refractivity contribution is 8.14. The van der Waals surface area contributed by atoms with E-state index in [0.29, 0.717) is 40.9 Å². The van der Waals surface area contributed by atoms with E-state index < -0.39 is 53.5 Å². The summed E-state index contributed by atoms with van der Waals surface area (Å²) in [5.74, 6) is -0.252. The Labute approximate surface area is 529 Å². The number of Topliss-reactive ketones (excluding diaryl/α,β-unsaturated/α-hetero) is 2. The van der Waals surface area contributed by atoms with Crippen molar-refractivity contribution in [3.8, 4) is 11.1 Å². The van der Waals surface area contributed by atoms with E-state index >= 15 is 0 Å². The number of hydrogen-bond donors (Lipinski definition) is 3. The number of likely N-dealkylation sites (tertiary alicyclic amines) is 1. The van der Waals surface area contributed by atoms with Gasteiger partial charge in [-0.05, 0) is 118 Å². The predicted octanol–water partition coefficient (Wildman–Crippen LogP) is 14.1. The Morgan fingerprint density at radius 2 is 1.34 bits per heavy atom. The normalized spacial score (nSPS) is 16.9. The quantitative estimate of drug-likeness (QED) is 0.0179. The van der Waals surface area contributed by atoms with Gasteiger partial charge in [0.25, 0.3) is 0 Å². The summed E-state index contributed by atoms with van der Waals surface area (Å²) in [4.78, 5) is 81.7. The molecule has 3 aliphatic rings. The fourth-order valence-electron chi connectivity index (χ4n) is 10.3. The number of amides is 2. The van der Waals surface area contributed by atoms with Crippen molar-refractivity contribution >= 4 is 75.6 Å². The Balaban J connectivity index is 0.000000192. The number of fused-ring (bicyclic) bond motifs is 3. The molecule has 1 fully saturated rings. The number of carboxylic acids is 1. The number of hydrogen-bond acceptors (Lipinski definition) is 15. The molecule has 3 N–H and O–H groups in total. The van der Waals surface area contributed by atoms with Gasteiger partial charge in [-0.3, -0.25) is 19.5 Å². The van der Waals surface area contributed by atoms with Crippen molar-refractivity contribution in [2.45, 2.75) is 140 Å². The Bertz CT molecular complexity index is 3260. The van der Waals surface area contributed by atoms with Crippen LogP contribution in [0.15, 0.2) is 174 Å². The van der Waals surface area contributed by atoms with E-state index in [4.69, 9.17) is 14.2 Å². The second-order valence-electron chi connectivity index (χ2n) is 22.8. The minimum absolute atomic E-state index is 0.00206. The molecule has 1 aliphatic carbocycles. The van der Waals surface area contributed by atoms with Gasteiger partial charge in [0, 0.05) is 36.4 Å². The van der Waals surface area contributed by atoms with Crippen LogP contribution in [0.1, 0.15) is 138 Å². The molecule has 0 radical (unpaired) electrons. The number of thioether (sulfide) groups is 2. The maximum atomic E-state index is 13.0. The smallest absolute Gasteiger partial charge is 0.410 e. The summed E-state index contributed by atoms with van der Waals surface area (Å²) in [5, 5.41) is 24.9. The van der Waals surface area contributed by atoms with Crippen molar-refractivity contribution in [2.75, 3.05) is 24.7 Å². The first-order chi connectivity index (χ1) is 42.2. The van der Waals surface area contributed by atoms with Crippen LogP contribution in [0.25, 0.3) is 11.1 Å². The highest BCUT2D eigenvalue weighted by Crippen LogP contribution is 2.49. The van der Waals surface area contributed by atoms with E-state index in [2.05, 4.69) is 119 Å². The molecule has 15 nitrogen and oxygen atoms in total. The van der Waals surface area contributed by atoms with E-state index in [1.165, 1.54) is 69.7 Å². The molecule has 9 rings (SSSR count). The van der Waals surface area contributed by atoms with E-state index in [0.717, 1.165) is 36.1 Å². The van der Waals surface area contributed by atoms with Gasteiger partial charge in [0.1, 0.15) is 51.7 Å². The lowest BCUT2D eigenvalue weighted by Gasteiger charge is -2.35. The van der Waals surface area contributed by atoms with E-state index in [1.54, 1.807) is 39.8 Å². The van der Waals surface area contributed by atoms with Gasteiger partial charge in [0.15, 0.2) is 5.54 Å². The summed E-state index contributed by atoms with van der Waals surface area (Å²) < 4.78 is 16.2. The average Bonchev–Trinajstić information content (AvgIpc) is 2.82. The third-order valence-corrected chi connectivity index (χ3v) is 18.2. The van der Waals surface area contributed by atoms with Crippen molar-refractivity contribution in [3.63, 3.8) is 0 Å². The topological polar surface area (TPSA) is 211 Å². The number of aliphatic hydroxyl groups is 1. The Kier molecular flexibility index (Phi) is 25.1. The Morgan fingerprint density at radius 3 is 1.88 bits per heavy atom. The summed E-state index contributed by atoms with van der Waals surface area (Å²) in [6, 6.07) is 47.5. The number of aromatic nitrogens is 1. The van der Waals surface area contributed by atoms with Gasteiger partial charge in [0.05, 0.1) is 17.4 Å². The van der Waals surface area contributed by atoms with E-state index in [9.17, 15) is 39.0 Å². The third-order valence-electron chi connectivity index (χ3n) is 14.5. The van der Waals surface area contributed by atoms with E-state index in [1.807, 2.05) is 71.8 Å². The molecule has 4 atom stereocenters. The number of rotatable bonds is 23. The van der Waals surface area contributed by atoms with Crippen LogP contribution in [0.4, 0.5) is 9.59 Å². The zero-order valence-electron chi connectivity index (χ0n) is 51.1. The largest absolute Gasteiger partial charge is 0.479 e. The number of aliphatic carboxylic acids is 1. The molecular formula is C70H80N4O11S3. The molecule has 1 aromatic heterocycles. The molecule has 1 saturated heterocycles. The van der Waals surface area contributed by atoms with Gasteiger partial charge in [-0.15, -0.1) is 34.9 Å². The number of carboxylic acid groups (broad SMARTS) is 1. The van der Waals surface area contributed by atoms with Crippen LogP contribution in [0.5, 0.6) is 0 Å². The standard InChI is InChI=1S/C29H33NO5.C27H28O2S.C14H19N3O4S2/c1-3-4-5-11-21(18-20(2)31)35-28(32)27-16-10-17-30(27)29(33)34-19-26-24-14-8-6-12-22(24)23-13-7-9-15-25(23)26;1-22(28)21-26(29)19-11-12-20-30-27(23-13-5-2-6-14-23,24-15-7-3-8-16-24)25-17-9-4-10-18-25;1-13(2,3)21-12(20)15-5-9-16-8(6-22-9)10-17-14(4,7-23-10)11(18)19/h5-9,11-15,21,26-27H,3-4,10,16-19H2,1-2H3;2-11,13-19,26,29H,12,20-21H2,1H3;6H,5,7H2,1-4H3,(H,15,20)(H,18,19)/b11-5+;19-11+;/t21-,27+;26-;14-/m110/s1. The lowest BCUT2D eigenvalue weighted by molar-refractivity contribution is -0.152. The summed E-state index contributed by atoms with van der Waals surface area (Å²) >= 11 is 4.65. The maximum absolute atomic E-state index is 13.0. The number of alkyl carbamates (subject to hydrolysis) is 1. The molecule has 2 aliphatic heterocycles. The first-order valence-electron chi connectivity index (χ1n) is 29.7. The number of carbonyl (C=O) groups excluding carboxylic acids is 5. The van der Waals surface area contributed by atoms with Crippen LogP contribution in [-0.2, 0) is 44.7 Å². The number of ether oxygens (including phenoxy) is 3. The van der Waals surface area contributed by atoms with Crippen LogP contribution in [0.2, 0.25) is 0 Å². The number of unbranched alkanes of at least 4 members (excludes halogenated alkanes) is 1. The Hall–Kier alpha value is -7.64. The number of thiazole rings is 1. The number of allylic oxidation sites excluding steroid dienone is 2. The van der Waals surface area contributed by atoms with Gasteiger partial charge < -0.3 is 29.7 Å². The summed E-state index contributed by atoms with van der Waals surface area (Å²) in [5.41, 5.74) is 7.35. The van der Waals surface area contributed by atoms with Gasteiger partial charge in [0.2, 0.25) is 0 Å². The van der Waals surface area contributed by atoms with Crippen LogP contribution >= 0.6 is 34.9 Å². The van der Waals surface area contributed by atoms with Crippen molar-refractivity contribution in [1.29, 1.82) is 0 Å². The molecule has 0 unspecified atom stereocenters. The molecule has 0 bridgehead atoms. The maximum Gasteiger partial charge on any atom is 0.410 e. The number of aliphatic imine (C=N–C) groups is 1. The van der Waals surface area contributed by atoms with Crippen molar-refractivity contribution < 1.29 is 53.2 Å². The van der Waals surface area contributed by atoms with Crippen LogP contribution in [0, 0.1) is 0 Å². The molecule has 0 saturated carbocycles. The number of carbonyl (C=O) groups is 6. The fourth-order valence-corrected chi connectivity index (χ4v) is 13.7. The molecule has 18 heteroatoms. The fraction of sp³-hybridized carbons (Fsp3) is 0.371. The molecule has 5 aromatic carbocycles. The minimum Gasteiger partial charge on any atom is -0.479 e. The van der Waals surface area contributed by atoms with Crippen molar-refractivity contribution in [2.24, 2.45) is 4.99 Å². The number of aliphatic hydroxyl groups excluding tert-OH is 1. The average molecular weight is 1250 g/mol. The number of benzene rings is 5. The lowest BCUT2D eigenvalue weighted by Crippen LogP contribution is -2.43. The number of ketones is 2. The molecule has 6 aromatic rings. The summed E-state index contributed by atoms with van der Waals surface area (Å²) in [6.45, 7) is 12.9. The lowest BCUT2D eigenvalue weighted by atomic mass is 9.84. The molecular weight excluding hydrogens is 1170 g/mol. The predicted molar refractivity (Wildman–Crippen MR) is 351 cm³/mol. The van der Waals surface area contributed by atoms with Gasteiger partial charge in [-0.1, -0.05) is 171 Å². The SMILES string of the molecule is CC(=O)C[C@H](O)/C=C/CCSC(c1ccccc1)(c1ccccc1)c1ccccc1.CC(C)(C)OC(=O)NCc1nc(C2=N[C@](C)(C(=O)O)CS2)cs1.CCC/C=C/[C@H](CC(C)=O)OC(=O)[C@@H]1CCCN1C(=O)OCC1c2ccccc2-c2ccccc21. The molecule has 0 spiro atoms. The van der Waals surface area contributed by atoms with E-state index in [-0.39, 0.29) is 48.2 Å². The first-order valence-corrected chi connectivity index (χ1v) is 32.6. The zero-order chi connectivity index (χ0) is 63.3. The summed E-state index contributed by atoms with van der Waals surface area (Å²) in [6.07, 6.45) is 9.25. The monoisotopic (exact) mass is 1250 g/mol. The van der Waals surface area contributed by atoms with Gasteiger partial charge >= 0.3 is 24.1 Å². The number of nitrogens with zero attached hydrogens (tertiary/aromatic N) is 3.